The fourth-order valence-electron chi connectivity index (χ4n) is 4.75. The zero-order valence-corrected chi connectivity index (χ0v) is 26.4. The fraction of sp³-hybridized carbons (Fsp3) is 0.139. The maximum Gasteiger partial charge on any atom is 0.272 e. The molecular formula is C36H34N4O5S. The van der Waals surface area contributed by atoms with E-state index < -0.39 is 17.1 Å². The predicted molar refractivity (Wildman–Crippen MR) is 183 cm³/mol. The molecule has 46 heavy (non-hydrogen) atoms. The highest BCUT2D eigenvalue weighted by Crippen LogP contribution is 2.31. The molecule has 0 aliphatic carbocycles. The van der Waals surface area contributed by atoms with Crippen LogP contribution in [-0.4, -0.2) is 42.2 Å². The second kappa shape index (κ2) is 15.0. The smallest absolute Gasteiger partial charge is 0.272 e. The van der Waals surface area contributed by atoms with Gasteiger partial charge in [-0.05, 0) is 48.9 Å². The first-order valence-corrected chi connectivity index (χ1v) is 15.5. The van der Waals surface area contributed by atoms with Crippen molar-refractivity contribution in [3.8, 4) is 11.5 Å². The summed E-state index contributed by atoms with van der Waals surface area (Å²) < 4.78 is 10.6. The largest absolute Gasteiger partial charge is 0.497 e. The molecule has 9 nitrogen and oxygen atoms in total. The molecule has 1 unspecified atom stereocenters. The summed E-state index contributed by atoms with van der Waals surface area (Å²) in [5.41, 5.74) is 3.25. The van der Waals surface area contributed by atoms with E-state index in [4.69, 9.17) is 9.47 Å². The average Bonchev–Trinajstić information content (AvgIpc) is 3.49. The molecule has 0 fully saturated rings. The summed E-state index contributed by atoms with van der Waals surface area (Å²) >= 11 is 1.38. The highest BCUT2D eigenvalue weighted by Gasteiger charge is 2.20. The van der Waals surface area contributed by atoms with E-state index in [1.165, 1.54) is 11.8 Å². The van der Waals surface area contributed by atoms with Crippen LogP contribution >= 0.6 is 11.8 Å². The number of thioether (sulfide) groups is 1. The fourth-order valence-corrected chi connectivity index (χ4v) is 5.76. The van der Waals surface area contributed by atoms with Crippen LogP contribution in [0, 0.1) is 0 Å². The number of hydrogen-bond acceptors (Lipinski definition) is 6. The van der Waals surface area contributed by atoms with E-state index in [2.05, 4.69) is 20.9 Å². The van der Waals surface area contributed by atoms with Gasteiger partial charge in [0, 0.05) is 62.7 Å². The third-order valence-corrected chi connectivity index (χ3v) is 8.46. The van der Waals surface area contributed by atoms with Gasteiger partial charge in [0.25, 0.3) is 11.8 Å². The molecular weight excluding hydrogens is 600 g/mol. The van der Waals surface area contributed by atoms with Crippen LogP contribution in [0.25, 0.3) is 17.0 Å². The van der Waals surface area contributed by atoms with Gasteiger partial charge in [-0.2, -0.15) is 0 Å². The molecule has 5 aromatic rings. The number of hydrogen-bond donors (Lipinski definition) is 4. The van der Waals surface area contributed by atoms with Crippen LogP contribution < -0.4 is 25.4 Å². The standard InChI is InChI=1S/C36H34N4O5S/c1-4-33(36(43)39-26-18-27(44-2)21-28(19-26)45-3)46-29-14-10-13-25(20-29)38-35(42)32(40-34(41)23-11-6-5-7-12-23)17-24-22-37-31-16-9-8-15-30(24)31/h5-22,33,37H,4H2,1-3H3,(H,38,42)(H,39,43)(H,40,41)/b32-17-. The van der Waals surface area contributed by atoms with Crippen molar-refractivity contribution in [3.05, 3.63) is 120 Å². The summed E-state index contributed by atoms with van der Waals surface area (Å²) in [6.45, 7) is 1.94. The zero-order chi connectivity index (χ0) is 32.5. The van der Waals surface area contributed by atoms with Gasteiger partial charge in [-0.1, -0.05) is 49.4 Å². The van der Waals surface area contributed by atoms with Gasteiger partial charge < -0.3 is 30.4 Å². The number of nitrogens with one attached hydrogen (secondary N) is 4. The Labute approximate surface area is 271 Å². The van der Waals surface area contributed by atoms with Gasteiger partial charge in [-0.25, -0.2) is 0 Å². The first kappa shape index (κ1) is 31.9. The molecule has 1 aromatic heterocycles. The minimum atomic E-state index is -0.492. The van der Waals surface area contributed by atoms with Crippen molar-refractivity contribution in [1.82, 2.24) is 10.3 Å². The summed E-state index contributed by atoms with van der Waals surface area (Å²) in [4.78, 5) is 44.0. The lowest BCUT2D eigenvalue weighted by Crippen LogP contribution is -2.30. The Kier molecular flexibility index (Phi) is 10.4. The van der Waals surface area contributed by atoms with Crippen LogP contribution in [0.4, 0.5) is 11.4 Å². The quantitative estimate of drug-likeness (QED) is 0.0858. The molecule has 0 saturated heterocycles. The Bertz CT molecular complexity index is 1860. The van der Waals surface area contributed by atoms with Crippen molar-refractivity contribution in [2.45, 2.75) is 23.5 Å². The molecule has 0 saturated carbocycles. The number of para-hydroxylation sites is 1. The molecule has 1 heterocycles. The van der Waals surface area contributed by atoms with Crippen molar-refractivity contribution in [1.29, 1.82) is 0 Å². The second-order valence-corrected chi connectivity index (χ2v) is 11.5. The lowest BCUT2D eigenvalue weighted by molar-refractivity contribution is -0.116. The Morgan fingerprint density at radius 2 is 1.54 bits per heavy atom. The first-order valence-electron chi connectivity index (χ1n) is 14.6. The number of methoxy groups -OCH3 is 2. The van der Waals surface area contributed by atoms with E-state index in [9.17, 15) is 14.4 Å². The molecule has 0 spiro atoms. The van der Waals surface area contributed by atoms with Crippen molar-refractivity contribution in [3.63, 3.8) is 0 Å². The first-order chi connectivity index (χ1) is 22.4. The Hall–Kier alpha value is -5.48. The Morgan fingerprint density at radius 3 is 2.26 bits per heavy atom. The molecule has 0 aliphatic heterocycles. The van der Waals surface area contributed by atoms with E-state index in [1.807, 2.05) is 43.3 Å². The minimum absolute atomic E-state index is 0.0798. The minimum Gasteiger partial charge on any atom is -0.497 e. The topological polar surface area (TPSA) is 122 Å². The Morgan fingerprint density at radius 1 is 0.826 bits per heavy atom. The molecule has 234 valence electrons. The lowest BCUT2D eigenvalue weighted by atomic mass is 10.1. The SMILES string of the molecule is CCC(Sc1cccc(NC(=O)/C(=C/c2c[nH]c3ccccc23)NC(=O)c2ccccc2)c1)C(=O)Nc1cc(OC)cc(OC)c1. The molecule has 3 amide bonds. The van der Waals surface area contributed by atoms with Crippen molar-refractivity contribution < 1.29 is 23.9 Å². The van der Waals surface area contributed by atoms with E-state index in [0.29, 0.717) is 34.9 Å². The van der Waals surface area contributed by atoms with E-state index >= 15 is 0 Å². The van der Waals surface area contributed by atoms with E-state index in [-0.39, 0.29) is 11.6 Å². The maximum atomic E-state index is 13.7. The summed E-state index contributed by atoms with van der Waals surface area (Å²) in [7, 11) is 3.10. The number of H-pyrrole nitrogens is 1. The van der Waals surface area contributed by atoms with Gasteiger partial charge in [-0.15, -0.1) is 11.8 Å². The summed E-state index contributed by atoms with van der Waals surface area (Å²) in [5, 5.41) is 9.15. The van der Waals surface area contributed by atoms with Gasteiger partial charge in [-0.3, -0.25) is 14.4 Å². The highest BCUT2D eigenvalue weighted by molar-refractivity contribution is 8.00. The number of carbonyl (C=O) groups is 3. The average molecular weight is 635 g/mol. The van der Waals surface area contributed by atoms with Crippen LogP contribution in [-0.2, 0) is 9.59 Å². The molecule has 0 radical (unpaired) electrons. The Balaban J connectivity index is 1.34. The number of carbonyl (C=O) groups excluding carboxylic acids is 3. The second-order valence-electron chi connectivity index (χ2n) is 10.3. The summed E-state index contributed by atoms with van der Waals surface area (Å²) in [5.74, 6) is 0.0589. The summed E-state index contributed by atoms with van der Waals surface area (Å²) in [6.07, 6.45) is 4.01. The van der Waals surface area contributed by atoms with Crippen LogP contribution in [0.2, 0.25) is 0 Å². The molecule has 0 bridgehead atoms. The van der Waals surface area contributed by atoms with Crippen LogP contribution in [0.5, 0.6) is 11.5 Å². The van der Waals surface area contributed by atoms with Crippen molar-refractivity contribution in [2.75, 3.05) is 24.9 Å². The highest BCUT2D eigenvalue weighted by atomic mass is 32.2. The summed E-state index contributed by atoms with van der Waals surface area (Å²) in [6, 6.07) is 28.9. The van der Waals surface area contributed by atoms with Crippen LogP contribution in [0.1, 0.15) is 29.3 Å². The normalized spacial score (nSPS) is 11.8. The number of fused-ring (bicyclic) bond motifs is 1. The molecule has 4 aromatic carbocycles. The number of amides is 3. The third-order valence-electron chi connectivity index (χ3n) is 7.10. The van der Waals surface area contributed by atoms with Gasteiger partial charge in [0.1, 0.15) is 17.2 Å². The van der Waals surface area contributed by atoms with Crippen LogP contribution in [0.3, 0.4) is 0 Å². The number of aromatic nitrogens is 1. The van der Waals surface area contributed by atoms with Gasteiger partial charge >= 0.3 is 0 Å². The molecule has 4 N–H and O–H groups in total. The van der Waals surface area contributed by atoms with Gasteiger partial charge in [0.2, 0.25) is 5.91 Å². The van der Waals surface area contributed by atoms with E-state index in [0.717, 1.165) is 21.4 Å². The number of aromatic amines is 1. The van der Waals surface area contributed by atoms with Crippen molar-refractivity contribution >= 4 is 57.8 Å². The molecule has 10 heteroatoms. The zero-order valence-electron chi connectivity index (χ0n) is 25.6. The molecule has 1 atom stereocenters. The molecule has 0 aliphatic rings. The monoisotopic (exact) mass is 634 g/mol. The maximum absolute atomic E-state index is 13.7. The van der Waals surface area contributed by atoms with Gasteiger partial charge in [0.05, 0.1) is 19.5 Å². The lowest BCUT2D eigenvalue weighted by Gasteiger charge is -2.17. The predicted octanol–water partition coefficient (Wildman–Crippen LogP) is 7.10. The molecule has 5 rings (SSSR count). The number of rotatable bonds is 12. The third kappa shape index (κ3) is 7.96. The van der Waals surface area contributed by atoms with E-state index in [1.54, 1.807) is 87.2 Å². The van der Waals surface area contributed by atoms with Crippen molar-refractivity contribution in [2.24, 2.45) is 0 Å². The number of benzene rings is 4. The van der Waals surface area contributed by atoms with Crippen LogP contribution in [0.15, 0.2) is 114 Å². The number of ether oxygens (including phenoxy) is 2. The van der Waals surface area contributed by atoms with Gasteiger partial charge in [0.15, 0.2) is 0 Å². The number of anilines is 2.